The third-order valence-corrected chi connectivity index (χ3v) is 3.70. The Morgan fingerprint density at radius 3 is 1.79 bits per heavy atom. The molecule has 7 N–H and O–H groups in total. The predicted molar refractivity (Wildman–Crippen MR) is 106 cm³/mol. The van der Waals surface area contributed by atoms with E-state index in [1.807, 2.05) is 0 Å². The first kappa shape index (κ1) is 29.8. The zero-order chi connectivity index (χ0) is 26.6. The minimum atomic E-state index is -5.08. The molecule has 13 nitrogen and oxygen atoms in total. The molecule has 188 valence electrons. The first-order valence-corrected chi connectivity index (χ1v) is 9.19. The van der Waals surface area contributed by atoms with Gasteiger partial charge >= 0.3 is 18.1 Å². The number of alkyl halides is 3. The molecule has 0 fully saturated rings. The van der Waals surface area contributed by atoms with Gasteiger partial charge in [-0.25, -0.2) is 9.59 Å². The Balaban J connectivity index is 0.00000135. The number of nitrogens with zero attached hydrogens (tertiary/aromatic N) is 1. The molecule has 0 aliphatic heterocycles. The van der Waals surface area contributed by atoms with Gasteiger partial charge in [-0.15, -0.1) is 0 Å². The summed E-state index contributed by atoms with van der Waals surface area (Å²) in [6, 6.07) is -0.616. The number of primary amides is 1. The summed E-state index contributed by atoms with van der Waals surface area (Å²) in [7, 11) is 0. The molecule has 0 radical (unpaired) electrons. The second kappa shape index (κ2) is 13.3. The smallest absolute Gasteiger partial charge is 0.480 e. The van der Waals surface area contributed by atoms with E-state index >= 15 is 0 Å². The summed E-state index contributed by atoms with van der Waals surface area (Å²) in [6.45, 7) is 2.75. The molecule has 0 spiro atoms. The van der Waals surface area contributed by atoms with Crippen molar-refractivity contribution in [3.05, 3.63) is 30.1 Å². The monoisotopic (exact) mass is 493 g/mol. The Morgan fingerprint density at radius 1 is 0.941 bits per heavy atom. The maximum absolute atomic E-state index is 12.1. The number of pyridine rings is 1. The fourth-order valence-electron chi connectivity index (χ4n) is 1.95. The average Bonchev–Trinajstić information content (AvgIpc) is 2.72. The van der Waals surface area contributed by atoms with E-state index in [0.717, 1.165) is 0 Å². The maximum Gasteiger partial charge on any atom is 0.490 e. The van der Waals surface area contributed by atoms with E-state index in [9.17, 15) is 37.1 Å². The molecule has 1 heterocycles. The van der Waals surface area contributed by atoms with Crippen LogP contribution in [0.5, 0.6) is 0 Å². The number of aliphatic carboxylic acids is 2. The molecule has 34 heavy (non-hydrogen) atoms. The summed E-state index contributed by atoms with van der Waals surface area (Å²) in [5, 5.41) is 23.0. The Hall–Kier alpha value is -4.24. The molecule has 0 saturated heterocycles. The fraction of sp³-hybridized carbons (Fsp3) is 0.389. The van der Waals surface area contributed by atoms with Crippen LogP contribution in [0.25, 0.3) is 0 Å². The van der Waals surface area contributed by atoms with Gasteiger partial charge < -0.3 is 31.9 Å². The van der Waals surface area contributed by atoms with Gasteiger partial charge in [-0.05, 0) is 26.0 Å². The van der Waals surface area contributed by atoms with Gasteiger partial charge in [0.15, 0.2) is 0 Å². The number of hydrogen-bond donors (Lipinski definition) is 6. The molecule has 4 amide bonds. The Bertz CT molecular complexity index is 911. The molecular formula is C18H22F3N5O8. The topological polar surface area (TPSA) is 218 Å². The molecule has 1 aromatic rings. The molecular weight excluding hydrogens is 471 g/mol. The van der Waals surface area contributed by atoms with E-state index in [4.69, 9.17) is 20.7 Å². The number of nitrogens with one attached hydrogen (secondary N) is 3. The zero-order valence-electron chi connectivity index (χ0n) is 17.8. The lowest BCUT2D eigenvalue weighted by Gasteiger charge is -2.20. The summed E-state index contributed by atoms with van der Waals surface area (Å²) < 4.78 is 31.7. The quantitative estimate of drug-likeness (QED) is 0.243. The van der Waals surface area contributed by atoms with Gasteiger partial charge in [0.25, 0.3) is 5.91 Å². The Labute approximate surface area is 189 Å². The molecule has 0 aliphatic carbocycles. The van der Waals surface area contributed by atoms with Crippen LogP contribution in [-0.4, -0.2) is 75.1 Å². The Kier molecular flexibility index (Phi) is 11.7. The van der Waals surface area contributed by atoms with Gasteiger partial charge in [-0.2, -0.15) is 13.2 Å². The van der Waals surface area contributed by atoms with Gasteiger partial charge in [-0.3, -0.25) is 24.2 Å². The predicted octanol–water partition coefficient (Wildman–Crippen LogP) is -1.22. The van der Waals surface area contributed by atoms with Gasteiger partial charge in [0, 0.05) is 18.0 Å². The first-order valence-electron chi connectivity index (χ1n) is 9.19. The summed E-state index contributed by atoms with van der Waals surface area (Å²) in [5.41, 5.74) is 5.24. The maximum atomic E-state index is 12.1. The molecule has 3 atom stereocenters. The van der Waals surface area contributed by atoms with Crippen LogP contribution in [0.3, 0.4) is 0 Å². The lowest BCUT2D eigenvalue weighted by Crippen LogP contribution is -2.54. The summed E-state index contributed by atoms with van der Waals surface area (Å²) in [6.07, 6.45) is -2.81. The van der Waals surface area contributed by atoms with Crippen molar-refractivity contribution in [3.8, 4) is 0 Å². The van der Waals surface area contributed by atoms with E-state index in [-0.39, 0.29) is 0 Å². The lowest BCUT2D eigenvalue weighted by atomic mass is 10.1. The van der Waals surface area contributed by atoms with E-state index < -0.39 is 66.3 Å². The highest BCUT2D eigenvalue weighted by Gasteiger charge is 2.38. The number of carboxylic acid groups (broad SMARTS) is 2. The highest BCUT2D eigenvalue weighted by atomic mass is 19.4. The third kappa shape index (κ3) is 11.4. The number of carbonyl (C=O) groups excluding carboxylic acids is 4. The van der Waals surface area contributed by atoms with Crippen molar-refractivity contribution in [1.29, 1.82) is 0 Å². The lowest BCUT2D eigenvalue weighted by molar-refractivity contribution is -0.192. The molecule has 1 rings (SSSR count). The van der Waals surface area contributed by atoms with Crippen LogP contribution in [0.1, 0.15) is 30.6 Å². The van der Waals surface area contributed by atoms with Crippen LogP contribution in [0.15, 0.2) is 24.5 Å². The molecule has 0 bridgehead atoms. The third-order valence-electron chi connectivity index (χ3n) is 3.70. The van der Waals surface area contributed by atoms with E-state index in [2.05, 4.69) is 20.9 Å². The van der Waals surface area contributed by atoms with Gasteiger partial charge in [-0.1, -0.05) is 0 Å². The first-order chi connectivity index (χ1) is 15.6. The summed E-state index contributed by atoms with van der Waals surface area (Å²) in [4.78, 5) is 70.7. The minimum absolute atomic E-state index is 0.311. The Morgan fingerprint density at radius 2 is 1.38 bits per heavy atom. The molecule has 3 unspecified atom stereocenters. The van der Waals surface area contributed by atoms with Crippen molar-refractivity contribution >= 4 is 35.6 Å². The number of carboxylic acids is 2. The number of carbonyl (C=O) groups is 6. The average molecular weight is 493 g/mol. The van der Waals surface area contributed by atoms with Crippen molar-refractivity contribution in [2.45, 2.75) is 44.6 Å². The molecule has 0 aromatic carbocycles. The second-order valence-corrected chi connectivity index (χ2v) is 6.53. The van der Waals surface area contributed by atoms with Crippen LogP contribution in [0.2, 0.25) is 0 Å². The van der Waals surface area contributed by atoms with Crippen LogP contribution >= 0.6 is 0 Å². The van der Waals surface area contributed by atoms with Gasteiger partial charge in [0.2, 0.25) is 17.7 Å². The van der Waals surface area contributed by atoms with Crippen molar-refractivity contribution in [2.24, 2.45) is 5.73 Å². The van der Waals surface area contributed by atoms with Crippen LogP contribution in [0.4, 0.5) is 13.2 Å². The van der Waals surface area contributed by atoms with Crippen molar-refractivity contribution < 1.29 is 52.2 Å². The van der Waals surface area contributed by atoms with E-state index in [1.54, 1.807) is 0 Å². The van der Waals surface area contributed by atoms with Gasteiger partial charge in [0.05, 0.1) is 6.42 Å². The second-order valence-electron chi connectivity index (χ2n) is 6.53. The number of rotatable bonds is 9. The van der Waals surface area contributed by atoms with Crippen molar-refractivity contribution in [2.75, 3.05) is 0 Å². The summed E-state index contributed by atoms with van der Waals surface area (Å²) in [5.74, 6) is -7.05. The van der Waals surface area contributed by atoms with Gasteiger partial charge in [0.1, 0.15) is 18.1 Å². The number of nitrogens with two attached hydrogens (primary N) is 1. The fourth-order valence-corrected chi connectivity index (χ4v) is 1.95. The largest absolute Gasteiger partial charge is 0.490 e. The SMILES string of the molecule is CC(NC(=O)c1ccncc1)C(=O)NC(C)C(=O)NC(CC(N)=O)C(=O)O.O=C(O)C(F)(F)F. The zero-order valence-corrected chi connectivity index (χ0v) is 17.8. The molecule has 0 aliphatic rings. The molecule has 1 aromatic heterocycles. The van der Waals surface area contributed by atoms with Crippen molar-refractivity contribution in [3.63, 3.8) is 0 Å². The van der Waals surface area contributed by atoms with Crippen molar-refractivity contribution in [1.82, 2.24) is 20.9 Å². The standard InChI is InChI=1S/C16H21N5O6.C2HF3O2/c1-8(20-15(25)10-3-5-18-6-4-10)13(23)19-9(2)14(24)21-11(16(26)27)7-12(17)22;3-2(4,5)1(6)7/h3-6,8-9,11H,7H2,1-2H3,(H2,17,22)(H,19,23)(H,20,25)(H,21,24)(H,26,27);(H,6,7). The van der Waals surface area contributed by atoms with E-state index in [1.165, 1.54) is 38.4 Å². The molecule has 0 saturated carbocycles. The highest BCUT2D eigenvalue weighted by Crippen LogP contribution is 2.13. The summed E-state index contributed by atoms with van der Waals surface area (Å²) >= 11 is 0. The number of halogens is 3. The van der Waals surface area contributed by atoms with E-state index in [0.29, 0.717) is 5.56 Å². The molecule has 16 heteroatoms. The number of amides is 4. The number of aromatic nitrogens is 1. The number of hydrogen-bond acceptors (Lipinski definition) is 7. The van der Waals surface area contributed by atoms with Crippen LogP contribution in [0, 0.1) is 0 Å². The minimum Gasteiger partial charge on any atom is -0.480 e. The normalized spacial score (nSPS) is 13.1. The van der Waals surface area contributed by atoms with Crippen LogP contribution in [-0.2, 0) is 24.0 Å². The highest BCUT2D eigenvalue weighted by molar-refractivity contribution is 5.98. The van der Waals surface area contributed by atoms with Crippen LogP contribution < -0.4 is 21.7 Å².